The van der Waals surface area contributed by atoms with Gasteiger partial charge in [-0.1, -0.05) is 30.7 Å². The van der Waals surface area contributed by atoms with Crippen LogP contribution in [-0.4, -0.2) is 12.4 Å². The third-order valence-corrected chi connectivity index (χ3v) is 3.65. The van der Waals surface area contributed by atoms with Crippen molar-refractivity contribution in [3.05, 3.63) is 40.9 Å². The molecule has 0 radical (unpaired) electrons. The molecular formula is C14H12Cl2O2. The summed E-state index contributed by atoms with van der Waals surface area (Å²) in [5.41, 5.74) is 0.761. The second-order valence-electron chi connectivity index (χ2n) is 4.07. The Bertz CT molecular complexity index is 608. The molecule has 0 aliphatic rings. The quantitative estimate of drug-likeness (QED) is 0.782. The van der Waals surface area contributed by atoms with Gasteiger partial charge in [-0.3, -0.25) is 4.79 Å². The standard InChI is InChI=1S/C14H12Cl2O2/c1-8(14(16)17)13-11-5-4-10(18-2)7-9(11)3-6-12(13)15/h3-8H,1-2H3/t8-/m0/s1. The minimum Gasteiger partial charge on any atom is -0.497 e. The van der Waals surface area contributed by atoms with Gasteiger partial charge in [0, 0.05) is 5.02 Å². The van der Waals surface area contributed by atoms with Crippen LogP contribution in [0, 0.1) is 0 Å². The topological polar surface area (TPSA) is 26.3 Å². The summed E-state index contributed by atoms with van der Waals surface area (Å²) in [4.78, 5) is 11.3. The molecule has 1 atom stereocenters. The number of fused-ring (bicyclic) bond motifs is 1. The number of ether oxygens (including phenoxy) is 1. The van der Waals surface area contributed by atoms with Crippen molar-refractivity contribution in [2.45, 2.75) is 12.8 Å². The number of carbonyl (C=O) groups excluding carboxylic acids is 1. The van der Waals surface area contributed by atoms with E-state index in [4.69, 9.17) is 27.9 Å². The molecule has 2 nitrogen and oxygen atoms in total. The lowest BCUT2D eigenvalue weighted by Gasteiger charge is -2.13. The van der Waals surface area contributed by atoms with E-state index in [1.807, 2.05) is 24.3 Å². The summed E-state index contributed by atoms with van der Waals surface area (Å²) in [5, 5.41) is 2.03. The Hall–Kier alpha value is -1.25. The summed E-state index contributed by atoms with van der Waals surface area (Å²) in [6.07, 6.45) is 0. The molecule has 0 saturated carbocycles. The Morgan fingerprint density at radius 1 is 1.28 bits per heavy atom. The zero-order valence-corrected chi connectivity index (χ0v) is 11.5. The minimum absolute atomic E-state index is 0.416. The first-order valence-corrected chi connectivity index (χ1v) is 6.25. The van der Waals surface area contributed by atoms with Gasteiger partial charge in [-0.25, -0.2) is 0 Å². The Balaban J connectivity index is 2.71. The SMILES string of the molecule is COc1ccc2c([C@H](C)C(=O)Cl)c(Cl)ccc2c1. The fourth-order valence-electron chi connectivity index (χ4n) is 1.99. The first-order chi connectivity index (χ1) is 8.54. The molecule has 0 unspecified atom stereocenters. The Morgan fingerprint density at radius 2 is 2.00 bits per heavy atom. The first-order valence-electron chi connectivity index (χ1n) is 5.50. The zero-order valence-electron chi connectivity index (χ0n) is 10.0. The van der Waals surface area contributed by atoms with E-state index >= 15 is 0 Å². The lowest BCUT2D eigenvalue weighted by atomic mass is 9.95. The number of benzene rings is 2. The van der Waals surface area contributed by atoms with Crippen LogP contribution in [0.5, 0.6) is 5.75 Å². The fraction of sp³-hybridized carbons (Fsp3) is 0.214. The van der Waals surface area contributed by atoms with Gasteiger partial charge in [0.15, 0.2) is 0 Å². The van der Waals surface area contributed by atoms with E-state index < -0.39 is 11.2 Å². The molecular weight excluding hydrogens is 271 g/mol. The monoisotopic (exact) mass is 282 g/mol. The van der Waals surface area contributed by atoms with Crippen LogP contribution >= 0.6 is 23.2 Å². The maximum absolute atomic E-state index is 11.3. The predicted octanol–water partition coefficient (Wildman–Crippen LogP) is 4.37. The van der Waals surface area contributed by atoms with Gasteiger partial charge in [-0.15, -0.1) is 0 Å². The molecule has 0 amide bonds. The minimum atomic E-state index is -0.434. The highest BCUT2D eigenvalue weighted by molar-refractivity contribution is 6.64. The number of hydrogen-bond donors (Lipinski definition) is 0. The molecule has 94 valence electrons. The summed E-state index contributed by atoms with van der Waals surface area (Å²) in [6.45, 7) is 1.75. The van der Waals surface area contributed by atoms with E-state index in [-0.39, 0.29) is 0 Å². The van der Waals surface area contributed by atoms with Gasteiger partial charge < -0.3 is 4.74 Å². The number of hydrogen-bond acceptors (Lipinski definition) is 2. The van der Waals surface area contributed by atoms with E-state index in [0.717, 1.165) is 22.1 Å². The van der Waals surface area contributed by atoms with E-state index in [2.05, 4.69) is 0 Å². The first kappa shape index (κ1) is 13.2. The van der Waals surface area contributed by atoms with E-state index in [0.29, 0.717) is 5.02 Å². The summed E-state index contributed by atoms with van der Waals surface area (Å²) in [7, 11) is 1.61. The normalized spacial score (nSPS) is 12.4. The largest absolute Gasteiger partial charge is 0.497 e. The lowest BCUT2D eigenvalue weighted by Crippen LogP contribution is -2.03. The highest BCUT2D eigenvalue weighted by Gasteiger charge is 2.19. The molecule has 2 rings (SSSR count). The van der Waals surface area contributed by atoms with Crippen molar-refractivity contribution in [3.8, 4) is 5.75 Å². The highest BCUT2D eigenvalue weighted by Crippen LogP contribution is 2.34. The van der Waals surface area contributed by atoms with Crippen LogP contribution < -0.4 is 4.74 Å². The molecule has 4 heteroatoms. The van der Waals surface area contributed by atoms with Crippen molar-refractivity contribution in [2.24, 2.45) is 0 Å². The van der Waals surface area contributed by atoms with Crippen molar-refractivity contribution in [2.75, 3.05) is 7.11 Å². The summed E-state index contributed by atoms with van der Waals surface area (Å²) in [5.74, 6) is 0.330. The van der Waals surface area contributed by atoms with E-state index in [9.17, 15) is 4.79 Å². The molecule has 2 aromatic rings. The van der Waals surface area contributed by atoms with Gasteiger partial charge in [-0.05, 0) is 46.1 Å². The van der Waals surface area contributed by atoms with Crippen LogP contribution in [0.25, 0.3) is 10.8 Å². The Kier molecular flexibility index (Phi) is 3.79. The second kappa shape index (κ2) is 5.17. The van der Waals surface area contributed by atoms with Crippen molar-refractivity contribution in [3.63, 3.8) is 0 Å². The van der Waals surface area contributed by atoms with Crippen LogP contribution in [0.1, 0.15) is 18.4 Å². The molecule has 0 bridgehead atoms. The summed E-state index contributed by atoms with van der Waals surface area (Å²) >= 11 is 11.7. The Labute approximate surface area is 115 Å². The fourth-order valence-corrected chi connectivity index (χ4v) is 2.42. The molecule has 0 spiro atoms. The molecule has 0 fully saturated rings. The Morgan fingerprint density at radius 3 is 2.61 bits per heavy atom. The predicted molar refractivity (Wildman–Crippen MR) is 74.8 cm³/mol. The van der Waals surface area contributed by atoms with Gasteiger partial charge in [-0.2, -0.15) is 0 Å². The summed E-state index contributed by atoms with van der Waals surface area (Å²) in [6, 6.07) is 9.31. The molecule has 18 heavy (non-hydrogen) atoms. The third kappa shape index (κ3) is 2.31. The molecule has 0 aromatic heterocycles. The summed E-state index contributed by atoms with van der Waals surface area (Å²) < 4.78 is 5.17. The molecule has 2 aromatic carbocycles. The molecule has 0 saturated heterocycles. The second-order valence-corrected chi connectivity index (χ2v) is 4.85. The van der Waals surface area contributed by atoms with Gasteiger partial charge in [0.2, 0.25) is 5.24 Å². The van der Waals surface area contributed by atoms with Crippen LogP contribution in [0.2, 0.25) is 5.02 Å². The number of halogens is 2. The van der Waals surface area contributed by atoms with Crippen molar-refractivity contribution >= 4 is 39.2 Å². The third-order valence-electron chi connectivity index (χ3n) is 2.99. The zero-order chi connectivity index (χ0) is 13.3. The lowest BCUT2D eigenvalue weighted by molar-refractivity contribution is -0.112. The smallest absolute Gasteiger partial charge is 0.228 e. The van der Waals surface area contributed by atoms with Gasteiger partial charge in [0.25, 0.3) is 0 Å². The van der Waals surface area contributed by atoms with Crippen LogP contribution in [0.4, 0.5) is 0 Å². The van der Waals surface area contributed by atoms with Crippen molar-refractivity contribution in [1.82, 2.24) is 0 Å². The molecule has 0 N–H and O–H groups in total. The van der Waals surface area contributed by atoms with Gasteiger partial charge in [0.05, 0.1) is 13.0 Å². The molecule has 0 aliphatic heterocycles. The maximum Gasteiger partial charge on any atom is 0.228 e. The van der Waals surface area contributed by atoms with E-state index in [1.54, 1.807) is 20.1 Å². The average molecular weight is 283 g/mol. The van der Waals surface area contributed by atoms with Gasteiger partial charge in [0.1, 0.15) is 5.75 Å². The molecule has 0 heterocycles. The van der Waals surface area contributed by atoms with Crippen LogP contribution in [0.15, 0.2) is 30.3 Å². The number of methoxy groups -OCH3 is 1. The van der Waals surface area contributed by atoms with Gasteiger partial charge >= 0.3 is 0 Å². The van der Waals surface area contributed by atoms with Crippen LogP contribution in [-0.2, 0) is 4.79 Å². The number of rotatable bonds is 3. The average Bonchev–Trinajstić information content (AvgIpc) is 2.37. The highest BCUT2D eigenvalue weighted by atomic mass is 35.5. The molecule has 0 aliphatic carbocycles. The van der Waals surface area contributed by atoms with Crippen molar-refractivity contribution < 1.29 is 9.53 Å². The maximum atomic E-state index is 11.3. The van der Waals surface area contributed by atoms with E-state index in [1.165, 1.54) is 0 Å². The van der Waals surface area contributed by atoms with Crippen LogP contribution in [0.3, 0.4) is 0 Å². The van der Waals surface area contributed by atoms with Crippen molar-refractivity contribution in [1.29, 1.82) is 0 Å². The number of carbonyl (C=O) groups is 1.